The van der Waals surface area contributed by atoms with Gasteiger partial charge in [0.05, 0.1) is 5.92 Å². The van der Waals surface area contributed by atoms with Crippen molar-refractivity contribution < 1.29 is 4.79 Å². The van der Waals surface area contributed by atoms with Gasteiger partial charge < -0.3 is 10.2 Å². The molecule has 1 unspecified atom stereocenters. The minimum absolute atomic E-state index is 0.0715. The second-order valence-electron chi connectivity index (χ2n) is 7.24. The van der Waals surface area contributed by atoms with Gasteiger partial charge in [0.2, 0.25) is 5.91 Å². The number of hydrogen-bond acceptors (Lipinski definition) is 4. The summed E-state index contributed by atoms with van der Waals surface area (Å²) in [7, 11) is 4.14. The molecule has 0 radical (unpaired) electrons. The topological polar surface area (TPSA) is 45.2 Å². The van der Waals surface area contributed by atoms with Crippen LogP contribution in [-0.4, -0.2) is 29.9 Å². The molecule has 134 valence electrons. The zero-order valence-corrected chi connectivity index (χ0v) is 15.9. The van der Waals surface area contributed by atoms with E-state index in [2.05, 4.69) is 53.6 Å². The standard InChI is InChI=1S/C20H27N3OS/c1-23(2)14-16-7-9-17(10-8-16)18(13-15-5-3-4-6-15)19(24)22-20-21-11-12-25-20/h7-12,15,18H,3-6,13-14H2,1-2H3,(H,21,22,24). The van der Waals surface area contributed by atoms with E-state index < -0.39 is 0 Å². The van der Waals surface area contributed by atoms with Gasteiger partial charge in [-0.25, -0.2) is 4.98 Å². The maximum atomic E-state index is 12.9. The minimum atomic E-state index is -0.0968. The zero-order valence-electron chi connectivity index (χ0n) is 15.1. The molecule has 1 atom stereocenters. The first-order chi connectivity index (χ1) is 12.1. The SMILES string of the molecule is CN(C)Cc1ccc(C(CC2CCCC2)C(=O)Nc2nccs2)cc1. The number of aromatic nitrogens is 1. The molecule has 5 heteroatoms. The largest absolute Gasteiger partial charge is 0.305 e. The number of amides is 1. The Morgan fingerprint density at radius 2 is 2.00 bits per heavy atom. The summed E-state index contributed by atoms with van der Waals surface area (Å²) < 4.78 is 0. The highest BCUT2D eigenvalue weighted by molar-refractivity contribution is 7.13. The van der Waals surface area contributed by atoms with Crippen molar-refractivity contribution in [1.82, 2.24) is 9.88 Å². The van der Waals surface area contributed by atoms with Crippen LogP contribution in [0.1, 0.15) is 49.1 Å². The van der Waals surface area contributed by atoms with Gasteiger partial charge in [-0.1, -0.05) is 49.9 Å². The minimum Gasteiger partial charge on any atom is -0.305 e. The maximum Gasteiger partial charge on any atom is 0.233 e. The molecular formula is C20H27N3OS. The molecule has 25 heavy (non-hydrogen) atoms. The molecule has 1 heterocycles. The molecule has 1 aliphatic rings. The Bertz CT molecular complexity index is 661. The van der Waals surface area contributed by atoms with Crippen molar-refractivity contribution in [2.45, 2.75) is 44.6 Å². The Morgan fingerprint density at radius 1 is 1.28 bits per heavy atom. The number of anilines is 1. The van der Waals surface area contributed by atoms with Gasteiger partial charge >= 0.3 is 0 Å². The lowest BCUT2D eigenvalue weighted by Crippen LogP contribution is -2.23. The summed E-state index contributed by atoms with van der Waals surface area (Å²) in [5.74, 6) is 0.635. The second kappa shape index (κ2) is 8.59. The zero-order chi connectivity index (χ0) is 17.6. The third-order valence-electron chi connectivity index (χ3n) is 4.90. The average molecular weight is 358 g/mol. The molecule has 4 nitrogen and oxygen atoms in total. The number of carbonyl (C=O) groups excluding carboxylic acids is 1. The predicted molar refractivity (Wildman–Crippen MR) is 104 cm³/mol. The molecule has 0 saturated heterocycles. The third-order valence-corrected chi connectivity index (χ3v) is 5.59. The molecule has 1 amide bonds. The highest BCUT2D eigenvalue weighted by Gasteiger charge is 2.27. The Labute approximate surface area is 154 Å². The summed E-state index contributed by atoms with van der Waals surface area (Å²) in [6, 6.07) is 8.54. The lowest BCUT2D eigenvalue weighted by molar-refractivity contribution is -0.118. The number of carbonyl (C=O) groups is 1. The maximum absolute atomic E-state index is 12.9. The number of benzene rings is 1. The summed E-state index contributed by atoms with van der Waals surface area (Å²) in [5.41, 5.74) is 2.39. The number of nitrogens with zero attached hydrogens (tertiary/aromatic N) is 2. The van der Waals surface area contributed by atoms with E-state index in [1.54, 1.807) is 6.20 Å². The highest BCUT2D eigenvalue weighted by atomic mass is 32.1. The van der Waals surface area contributed by atoms with E-state index in [1.807, 2.05) is 5.38 Å². The van der Waals surface area contributed by atoms with E-state index in [4.69, 9.17) is 0 Å². The molecule has 1 fully saturated rings. The van der Waals surface area contributed by atoms with Crippen LogP contribution >= 0.6 is 11.3 Å². The van der Waals surface area contributed by atoms with E-state index in [0.29, 0.717) is 11.0 Å². The number of nitrogens with one attached hydrogen (secondary N) is 1. The summed E-state index contributed by atoms with van der Waals surface area (Å²) in [6.45, 7) is 0.916. The van der Waals surface area contributed by atoms with Gasteiger partial charge in [-0.3, -0.25) is 4.79 Å². The van der Waals surface area contributed by atoms with Gasteiger partial charge in [-0.05, 0) is 37.6 Å². The van der Waals surface area contributed by atoms with Crippen LogP contribution in [0.2, 0.25) is 0 Å². The second-order valence-corrected chi connectivity index (χ2v) is 8.14. The van der Waals surface area contributed by atoms with Crippen molar-refractivity contribution in [1.29, 1.82) is 0 Å². The fraction of sp³-hybridized carbons (Fsp3) is 0.500. The van der Waals surface area contributed by atoms with Crippen molar-refractivity contribution in [3.05, 3.63) is 47.0 Å². The van der Waals surface area contributed by atoms with Crippen LogP contribution in [0.4, 0.5) is 5.13 Å². The Morgan fingerprint density at radius 3 is 2.60 bits per heavy atom. The first-order valence-corrected chi connectivity index (χ1v) is 9.93. The highest BCUT2D eigenvalue weighted by Crippen LogP contribution is 2.35. The fourth-order valence-corrected chi connectivity index (χ4v) is 4.20. The van der Waals surface area contributed by atoms with Crippen LogP contribution < -0.4 is 5.32 Å². The Balaban J connectivity index is 1.75. The molecule has 1 aliphatic carbocycles. The Hall–Kier alpha value is -1.72. The van der Waals surface area contributed by atoms with E-state index in [-0.39, 0.29) is 11.8 Å². The van der Waals surface area contributed by atoms with Gasteiger partial charge in [0.25, 0.3) is 0 Å². The molecule has 0 spiro atoms. The third kappa shape index (κ3) is 5.13. The van der Waals surface area contributed by atoms with E-state index >= 15 is 0 Å². The fourth-order valence-electron chi connectivity index (χ4n) is 3.67. The number of thiazole rings is 1. The number of rotatable bonds is 7. The van der Waals surface area contributed by atoms with Gasteiger partial charge in [0, 0.05) is 18.1 Å². The van der Waals surface area contributed by atoms with E-state index in [9.17, 15) is 4.79 Å². The molecule has 1 saturated carbocycles. The monoisotopic (exact) mass is 357 g/mol. The van der Waals surface area contributed by atoms with Crippen LogP contribution in [0.5, 0.6) is 0 Å². The van der Waals surface area contributed by atoms with Crippen LogP contribution in [-0.2, 0) is 11.3 Å². The van der Waals surface area contributed by atoms with Crippen molar-refractivity contribution >= 4 is 22.4 Å². The first-order valence-electron chi connectivity index (χ1n) is 9.06. The normalized spacial score (nSPS) is 16.3. The summed E-state index contributed by atoms with van der Waals surface area (Å²) in [4.78, 5) is 19.3. The quantitative estimate of drug-likeness (QED) is 0.793. The molecule has 1 N–H and O–H groups in total. The van der Waals surface area contributed by atoms with E-state index in [0.717, 1.165) is 18.5 Å². The lowest BCUT2D eigenvalue weighted by Gasteiger charge is -2.20. The summed E-state index contributed by atoms with van der Waals surface area (Å²) in [5, 5.41) is 5.57. The van der Waals surface area contributed by atoms with E-state index in [1.165, 1.54) is 42.6 Å². The van der Waals surface area contributed by atoms with Crippen molar-refractivity contribution in [2.75, 3.05) is 19.4 Å². The average Bonchev–Trinajstić information content (AvgIpc) is 3.26. The van der Waals surface area contributed by atoms with Gasteiger partial charge in [0.15, 0.2) is 5.13 Å². The van der Waals surface area contributed by atoms with Crippen molar-refractivity contribution in [2.24, 2.45) is 5.92 Å². The van der Waals surface area contributed by atoms with Crippen LogP contribution in [0.25, 0.3) is 0 Å². The molecular weight excluding hydrogens is 330 g/mol. The molecule has 1 aromatic heterocycles. The van der Waals surface area contributed by atoms with Crippen LogP contribution in [0.3, 0.4) is 0 Å². The van der Waals surface area contributed by atoms with Gasteiger partial charge in [-0.2, -0.15) is 0 Å². The lowest BCUT2D eigenvalue weighted by atomic mass is 9.87. The smallest absolute Gasteiger partial charge is 0.233 e. The molecule has 0 bridgehead atoms. The summed E-state index contributed by atoms with van der Waals surface area (Å²) >= 11 is 1.47. The summed E-state index contributed by atoms with van der Waals surface area (Å²) in [6.07, 6.45) is 7.76. The predicted octanol–water partition coefficient (Wildman–Crippen LogP) is 4.51. The number of hydrogen-bond donors (Lipinski definition) is 1. The van der Waals surface area contributed by atoms with Crippen molar-refractivity contribution in [3.8, 4) is 0 Å². The molecule has 2 aromatic rings. The van der Waals surface area contributed by atoms with Crippen LogP contribution in [0.15, 0.2) is 35.8 Å². The van der Waals surface area contributed by atoms with Crippen LogP contribution in [0, 0.1) is 5.92 Å². The van der Waals surface area contributed by atoms with Gasteiger partial charge in [0.1, 0.15) is 0 Å². The molecule has 3 rings (SSSR count). The van der Waals surface area contributed by atoms with Crippen molar-refractivity contribution in [3.63, 3.8) is 0 Å². The molecule has 0 aliphatic heterocycles. The van der Waals surface area contributed by atoms with Gasteiger partial charge in [-0.15, -0.1) is 11.3 Å². The first kappa shape index (κ1) is 18.1. The molecule has 1 aromatic carbocycles. The Kier molecular flexibility index (Phi) is 6.21.